The van der Waals surface area contributed by atoms with Gasteiger partial charge in [0.05, 0.1) is 18.1 Å². The lowest BCUT2D eigenvalue weighted by molar-refractivity contribution is 0.0940. The lowest BCUT2D eigenvalue weighted by Crippen LogP contribution is -2.41. The molecule has 1 fully saturated rings. The summed E-state index contributed by atoms with van der Waals surface area (Å²) in [6.07, 6.45) is 0. The number of thiazole rings is 1. The van der Waals surface area contributed by atoms with Crippen molar-refractivity contribution >= 4 is 44.0 Å². The highest BCUT2D eigenvalue weighted by Gasteiger charge is 2.20. The average Bonchev–Trinajstić information content (AvgIpc) is 3.11. The number of rotatable bonds is 5. The Morgan fingerprint density at radius 3 is 2.80 bits per heavy atom. The molecular formula is C14H15ClN4O4S2. The molecule has 25 heavy (non-hydrogen) atoms. The van der Waals surface area contributed by atoms with Gasteiger partial charge in [-0.1, -0.05) is 17.7 Å². The summed E-state index contributed by atoms with van der Waals surface area (Å²) in [5.41, 5.74) is 2.29. The topological polar surface area (TPSA) is 101 Å². The first-order valence-electron chi connectivity index (χ1n) is 7.32. The highest BCUT2D eigenvalue weighted by Crippen LogP contribution is 2.21. The Bertz CT molecular complexity index is 865. The standard InChI is InChI=1S/C14H15ClN4O4S2/c15-10-2-1-3-11(8-10)25(21,22)18-17-13(20)12-9-24-14(16-12)19-4-6-23-7-5-19/h1-3,8-9,18H,4-7H2,(H,17,20). The summed E-state index contributed by atoms with van der Waals surface area (Å²) in [6, 6.07) is 5.73. The van der Waals surface area contributed by atoms with Crippen LogP contribution in [0.3, 0.4) is 0 Å². The molecule has 0 aliphatic carbocycles. The molecule has 0 radical (unpaired) electrons. The second-order valence-corrected chi connectivity index (χ2v) is 8.09. The molecule has 1 amide bonds. The zero-order valence-corrected chi connectivity index (χ0v) is 15.3. The number of carbonyl (C=O) groups excluding carboxylic acids is 1. The van der Waals surface area contributed by atoms with Gasteiger partial charge in [0.15, 0.2) is 5.13 Å². The maximum atomic E-state index is 12.1. The van der Waals surface area contributed by atoms with Crippen LogP contribution in [0.25, 0.3) is 0 Å². The van der Waals surface area contributed by atoms with Crippen molar-refractivity contribution in [1.82, 2.24) is 15.2 Å². The molecule has 0 atom stereocenters. The Labute approximate surface area is 153 Å². The average molecular weight is 403 g/mol. The quantitative estimate of drug-likeness (QED) is 0.730. The fourth-order valence-electron chi connectivity index (χ4n) is 2.14. The number of morpholine rings is 1. The van der Waals surface area contributed by atoms with Gasteiger partial charge >= 0.3 is 0 Å². The molecule has 1 aliphatic rings. The van der Waals surface area contributed by atoms with E-state index in [4.69, 9.17) is 16.3 Å². The Morgan fingerprint density at radius 2 is 2.08 bits per heavy atom. The van der Waals surface area contributed by atoms with Gasteiger partial charge in [0.1, 0.15) is 5.69 Å². The summed E-state index contributed by atoms with van der Waals surface area (Å²) in [6.45, 7) is 2.63. The number of hydrogen-bond acceptors (Lipinski definition) is 7. The van der Waals surface area contributed by atoms with Crippen LogP contribution < -0.4 is 15.2 Å². The Balaban J connectivity index is 1.63. The van der Waals surface area contributed by atoms with Crippen LogP contribution in [0.2, 0.25) is 5.02 Å². The SMILES string of the molecule is O=C(NNS(=O)(=O)c1cccc(Cl)c1)c1csc(N2CCOCC2)n1. The molecule has 8 nitrogen and oxygen atoms in total. The zero-order valence-electron chi connectivity index (χ0n) is 12.9. The van der Waals surface area contributed by atoms with E-state index in [0.717, 1.165) is 0 Å². The van der Waals surface area contributed by atoms with Crippen molar-refractivity contribution in [1.29, 1.82) is 0 Å². The van der Waals surface area contributed by atoms with Crippen LogP contribution in [-0.4, -0.2) is 45.6 Å². The van der Waals surface area contributed by atoms with Crippen LogP contribution >= 0.6 is 22.9 Å². The molecule has 0 bridgehead atoms. The fraction of sp³-hybridized carbons (Fsp3) is 0.286. The Hall–Kier alpha value is -1.72. The first-order chi connectivity index (χ1) is 12.0. The van der Waals surface area contributed by atoms with Gasteiger partial charge in [-0.25, -0.2) is 13.4 Å². The molecule has 1 aromatic heterocycles. The third kappa shape index (κ3) is 4.47. The van der Waals surface area contributed by atoms with Crippen molar-refractivity contribution in [3.63, 3.8) is 0 Å². The van der Waals surface area contributed by atoms with E-state index < -0.39 is 15.9 Å². The van der Waals surface area contributed by atoms with Gasteiger partial charge in [0.2, 0.25) is 0 Å². The van der Waals surface area contributed by atoms with E-state index in [2.05, 4.69) is 10.4 Å². The number of carbonyl (C=O) groups is 1. The first kappa shape index (κ1) is 18.1. The van der Waals surface area contributed by atoms with Crippen molar-refractivity contribution in [2.45, 2.75) is 4.90 Å². The maximum Gasteiger partial charge on any atom is 0.285 e. The summed E-state index contributed by atoms with van der Waals surface area (Å²) >= 11 is 7.10. The monoisotopic (exact) mass is 402 g/mol. The number of benzene rings is 1. The van der Waals surface area contributed by atoms with Gasteiger partial charge in [-0.05, 0) is 18.2 Å². The lowest BCUT2D eigenvalue weighted by atomic mass is 10.4. The summed E-state index contributed by atoms with van der Waals surface area (Å²) < 4.78 is 29.6. The van der Waals surface area contributed by atoms with Gasteiger partial charge in [0.25, 0.3) is 15.9 Å². The number of sulfonamides is 1. The number of hydrazine groups is 1. The van der Waals surface area contributed by atoms with E-state index in [1.165, 1.54) is 29.5 Å². The molecular weight excluding hydrogens is 388 g/mol. The Morgan fingerprint density at radius 1 is 1.32 bits per heavy atom. The van der Waals surface area contributed by atoms with Gasteiger partial charge in [0, 0.05) is 23.5 Å². The smallest absolute Gasteiger partial charge is 0.285 e. The molecule has 2 aromatic rings. The minimum absolute atomic E-state index is 0.0485. The van der Waals surface area contributed by atoms with Gasteiger partial charge in [-0.15, -0.1) is 16.2 Å². The molecule has 2 heterocycles. The molecule has 0 spiro atoms. The molecule has 1 saturated heterocycles. The summed E-state index contributed by atoms with van der Waals surface area (Å²) in [5, 5.41) is 2.56. The van der Waals surface area contributed by atoms with Crippen LogP contribution in [0, 0.1) is 0 Å². The van der Waals surface area contributed by atoms with Gasteiger partial charge in [-0.2, -0.15) is 0 Å². The zero-order chi connectivity index (χ0) is 17.9. The molecule has 0 saturated carbocycles. The van der Waals surface area contributed by atoms with Gasteiger partial charge < -0.3 is 9.64 Å². The second kappa shape index (κ2) is 7.67. The minimum atomic E-state index is -3.92. The highest BCUT2D eigenvalue weighted by molar-refractivity contribution is 7.89. The number of anilines is 1. The van der Waals surface area contributed by atoms with Crippen LogP contribution in [0.15, 0.2) is 34.5 Å². The third-order valence-corrected chi connectivity index (χ3v) is 5.79. The normalized spacial score (nSPS) is 15.2. The van der Waals surface area contributed by atoms with Crippen molar-refractivity contribution < 1.29 is 17.9 Å². The van der Waals surface area contributed by atoms with Crippen molar-refractivity contribution in [2.24, 2.45) is 0 Å². The number of halogens is 1. The van der Waals surface area contributed by atoms with E-state index in [-0.39, 0.29) is 15.6 Å². The van der Waals surface area contributed by atoms with Crippen LogP contribution in [-0.2, 0) is 14.8 Å². The molecule has 11 heteroatoms. The Kier molecular flexibility index (Phi) is 5.54. The summed E-state index contributed by atoms with van der Waals surface area (Å²) in [7, 11) is -3.92. The fourth-order valence-corrected chi connectivity index (χ4v) is 4.14. The third-order valence-electron chi connectivity index (χ3n) is 3.41. The van der Waals surface area contributed by atoms with Crippen LogP contribution in [0.1, 0.15) is 10.5 Å². The molecule has 2 N–H and O–H groups in total. The predicted octanol–water partition coefficient (Wildman–Crippen LogP) is 1.26. The van der Waals surface area contributed by atoms with Crippen molar-refractivity contribution in [3.8, 4) is 0 Å². The lowest BCUT2D eigenvalue weighted by Gasteiger charge is -2.25. The van der Waals surface area contributed by atoms with E-state index in [0.29, 0.717) is 31.4 Å². The second-order valence-electron chi connectivity index (χ2n) is 5.13. The number of ether oxygens (including phenoxy) is 1. The number of hydrogen-bond donors (Lipinski definition) is 2. The molecule has 3 rings (SSSR count). The number of nitrogens with one attached hydrogen (secondary N) is 2. The molecule has 0 unspecified atom stereocenters. The number of nitrogens with zero attached hydrogens (tertiary/aromatic N) is 2. The molecule has 1 aromatic carbocycles. The van der Waals surface area contributed by atoms with Crippen molar-refractivity contribution in [3.05, 3.63) is 40.4 Å². The van der Waals surface area contributed by atoms with Crippen LogP contribution in [0.4, 0.5) is 5.13 Å². The van der Waals surface area contributed by atoms with E-state index >= 15 is 0 Å². The van der Waals surface area contributed by atoms with E-state index in [1.54, 1.807) is 11.4 Å². The van der Waals surface area contributed by atoms with Crippen molar-refractivity contribution in [2.75, 3.05) is 31.2 Å². The van der Waals surface area contributed by atoms with E-state index in [1.807, 2.05) is 9.73 Å². The largest absolute Gasteiger partial charge is 0.378 e. The predicted molar refractivity (Wildman–Crippen MR) is 94.4 cm³/mol. The number of aromatic nitrogens is 1. The maximum absolute atomic E-state index is 12.1. The molecule has 134 valence electrons. The highest BCUT2D eigenvalue weighted by atomic mass is 35.5. The summed E-state index contributed by atoms with van der Waals surface area (Å²) in [4.78, 5) is 20.4. The summed E-state index contributed by atoms with van der Waals surface area (Å²) in [5.74, 6) is -0.638. The first-order valence-corrected chi connectivity index (χ1v) is 10.1. The van der Waals surface area contributed by atoms with Gasteiger partial charge in [-0.3, -0.25) is 10.2 Å². The number of amides is 1. The van der Waals surface area contributed by atoms with Crippen LogP contribution in [0.5, 0.6) is 0 Å². The molecule has 1 aliphatic heterocycles. The minimum Gasteiger partial charge on any atom is -0.378 e. The van der Waals surface area contributed by atoms with E-state index in [9.17, 15) is 13.2 Å².